The van der Waals surface area contributed by atoms with Gasteiger partial charge in [-0.3, -0.25) is 0 Å². The van der Waals surface area contributed by atoms with Gasteiger partial charge in [-0.25, -0.2) is 4.98 Å². The van der Waals surface area contributed by atoms with E-state index in [1.165, 1.54) is 30.3 Å². The minimum Gasteiger partial charge on any atom is -0.340 e. The van der Waals surface area contributed by atoms with Crippen LogP contribution in [-0.2, 0) is 6.18 Å². The molecule has 18 heavy (non-hydrogen) atoms. The maximum atomic E-state index is 12.8. The lowest BCUT2D eigenvalue weighted by Gasteiger charge is -2.13. The van der Waals surface area contributed by atoms with Crippen molar-refractivity contribution in [2.45, 2.75) is 6.18 Å². The first-order valence-corrected chi connectivity index (χ1v) is 5.02. The van der Waals surface area contributed by atoms with E-state index in [0.29, 0.717) is 0 Å². The van der Waals surface area contributed by atoms with Gasteiger partial charge in [-0.05, 0) is 24.3 Å². The van der Waals surface area contributed by atoms with E-state index in [1.54, 1.807) is 0 Å². The predicted octanol–water partition coefficient (Wildman–Crippen LogP) is 3.98. The first-order valence-electron chi connectivity index (χ1n) is 5.02. The van der Waals surface area contributed by atoms with Crippen molar-refractivity contribution in [3.8, 4) is 0 Å². The largest absolute Gasteiger partial charge is 0.418 e. The highest BCUT2D eigenvalue weighted by Crippen LogP contribution is 2.35. The van der Waals surface area contributed by atoms with Gasteiger partial charge < -0.3 is 5.32 Å². The van der Waals surface area contributed by atoms with Crippen molar-refractivity contribution < 1.29 is 17.6 Å². The SMILES string of the molecule is Fc1cccc(Nc2ccccc2C(F)(F)F)n1. The Morgan fingerprint density at radius 3 is 2.33 bits per heavy atom. The van der Waals surface area contributed by atoms with Crippen molar-refractivity contribution in [1.82, 2.24) is 4.98 Å². The minimum atomic E-state index is -4.48. The number of anilines is 2. The van der Waals surface area contributed by atoms with E-state index in [4.69, 9.17) is 0 Å². The number of para-hydroxylation sites is 1. The number of nitrogens with zero attached hydrogens (tertiary/aromatic N) is 1. The summed E-state index contributed by atoms with van der Waals surface area (Å²) in [7, 11) is 0. The quantitative estimate of drug-likeness (QED) is 0.649. The minimum absolute atomic E-state index is 0.0201. The molecule has 0 saturated carbocycles. The lowest BCUT2D eigenvalue weighted by molar-refractivity contribution is -0.136. The summed E-state index contributed by atoms with van der Waals surface area (Å²) in [6, 6.07) is 8.80. The van der Waals surface area contributed by atoms with Gasteiger partial charge in [-0.15, -0.1) is 0 Å². The molecule has 0 saturated heterocycles. The number of aromatic nitrogens is 1. The van der Waals surface area contributed by atoms with Crippen LogP contribution in [0.25, 0.3) is 0 Å². The van der Waals surface area contributed by atoms with Crippen LogP contribution in [0.15, 0.2) is 42.5 Å². The lowest BCUT2D eigenvalue weighted by atomic mass is 10.1. The van der Waals surface area contributed by atoms with Gasteiger partial charge in [0.2, 0.25) is 5.95 Å². The van der Waals surface area contributed by atoms with Crippen molar-refractivity contribution in [1.29, 1.82) is 0 Å². The van der Waals surface area contributed by atoms with Gasteiger partial charge in [0.25, 0.3) is 0 Å². The summed E-state index contributed by atoms with van der Waals surface area (Å²) in [5.74, 6) is -0.740. The van der Waals surface area contributed by atoms with E-state index >= 15 is 0 Å². The van der Waals surface area contributed by atoms with Crippen LogP contribution in [0.4, 0.5) is 29.1 Å². The summed E-state index contributed by atoms with van der Waals surface area (Å²) >= 11 is 0. The molecule has 0 amide bonds. The standard InChI is InChI=1S/C12H8F4N2/c13-10-6-3-7-11(18-10)17-9-5-2-1-4-8(9)12(14,15)16/h1-7H,(H,17,18). The molecule has 0 atom stereocenters. The van der Waals surface area contributed by atoms with Crippen molar-refractivity contribution in [2.75, 3.05) is 5.32 Å². The van der Waals surface area contributed by atoms with E-state index in [9.17, 15) is 17.6 Å². The molecule has 0 fully saturated rings. The molecule has 2 rings (SSSR count). The molecule has 1 N–H and O–H groups in total. The number of hydrogen-bond acceptors (Lipinski definition) is 2. The Kier molecular flexibility index (Phi) is 3.18. The third kappa shape index (κ3) is 2.77. The fraction of sp³-hybridized carbons (Fsp3) is 0.0833. The predicted molar refractivity (Wildman–Crippen MR) is 58.9 cm³/mol. The molecule has 6 heteroatoms. The second-order valence-corrected chi connectivity index (χ2v) is 3.51. The van der Waals surface area contributed by atoms with Gasteiger partial charge in [-0.2, -0.15) is 17.6 Å². The summed E-state index contributed by atoms with van der Waals surface area (Å²) in [4.78, 5) is 3.45. The molecular formula is C12H8F4N2. The fourth-order valence-corrected chi connectivity index (χ4v) is 1.46. The molecule has 0 radical (unpaired) electrons. The van der Waals surface area contributed by atoms with Gasteiger partial charge in [-0.1, -0.05) is 18.2 Å². The highest BCUT2D eigenvalue weighted by Gasteiger charge is 2.33. The zero-order valence-electron chi connectivity index (χ0n) is 9.00. The van der Waals surface area contributed by atoms with Crippen LogP contribution in [0.2, 0.25) is 0 Å². The van der Waals surface area contributed by atoms with Gasteiger partial charge >= 0.3 is 6.18 Å². The first kappa shape index (κ1) is 12.3. The van der Waals surface area contributed by atoms with Gasteiger partial charge in [0.05, 0.1) is 11.3 Å². The first-order chi connectivity index (χ1) is 8.47. The summed E-state index contributed by atoms with van der Waals surface area (Å²) < 4.78 is 50.9. The van der Waals surface area contributed by atoms with Crippen LogP contribution in [0, 0.1) is 5.95 Å². The van der Waals surface area contributed by atoms with Gasteiger partial charge in [0.15, 0.2) is 0 Å². The Labute approximate surface area is 100 Å². The topological polar surface area (TPSA) is 24.9 Å². The monoisotopic (exact) mass is 256 g/mol. The average Bonchev–Trinajstić information content (AvgIpc) is 2.28. The Morgan fingerprint density at radius 1 is 0.944 bits per heavy atom. The highest BCUT2D eigenvalue weighted by molar-refractivity contribution is 5.61. The molecule has 0 bridgehead atoms. The van der Waals surface area contributed by atoms with E-state index in [2.05, 4.69) is 10.3 Å². The van der Waals surface area contributed by atoms with Gasteiger partial charge in [0.1, 0.15) is 5.82 Å². The second-order valence-electron chi connectivity index (χ2n) is 3.51. The van der Waals surface area contributed by atoms with Crippen LogP contribution >= 0.6 is 0 Å². The summed E-state index contributed by atoms with van der Waals surface area (Å²) in [5.41, 5.74) is -0.987. The number of pyridine rings is 1. The van der Waals surface area contributed by atoms with E-state index in [-0.39, 0.29) is 11.5 Å². The molecule has 1 aromatic carbocycles. The van der Waals surface area contributed by atoms with Crippen molar-refractivity contribution in [2.24, 2.45) is 0 Å². The van der Waals surface area contributed by atoms with E-state index in [1.807, 2.05) is 0 Å². The number of hydrogen-bond donors (Lipinski definition) is 1. The van der Waals surface area contributed by atoms with Gasteiger partial charge in [0, 0.05) is 0 Å². The fourth-order valence-electron chi connectivity index (χ4n) is 1.46. The zero-order chi connectivity index (χ0) is 13.2. The Hall–Kier alpha value is -2.11. The summed E-state index contributed by atoms with van der Waals surface area (Å²) in [6.45, 7) is 0. The molecule has 2 nitrogen and oxygen atoms in total. The van der Waals surface area contributed by atoms with Crippen LogP contribution in [0.1, 0.15) is 5.56 Å². The Balaban J connectivity index is 2.35. The summed E-state index contributed by atoms with van der Waals surface area (Å²) in [5, 5.41) is 2.45. The molecule has 0 spiro atoms. The molecule has 0 aliphatic heterocycles. The number of alkyl halides is 3. The van der Waals surface area contributed by atoms with Crippen LogP contribution < -0.4 is 5.32 Å². The molecule has 1 heterocycles. The Bertz CT molecular complexity index is 552. The average molecular weight is 256 g/mol. The van der Waals surface area contributed by atoms with Crippen molar-refractivity contribution >= 4 is 11.5 Å². The number of rotatable bonds is 2. The smallest absolute Gasteiger partial charge is 0.340 e. The molecule has 0 aliphatic carbocycles. The third-order valence-corrected chi connectivity index (χ3v) is 2.21. The van der Waals surface area contributed by atoms with E-state index in [0.717, 1.165) is 12.1 Å². The van der Waals surface area contributed by atoms with Crippen molar-refractivity contribution in [3.05, 3.63) is 54.0 Å². The number of benzene rings is 1. The molecule has 1 aromatic heterocycles. The highest BCUT2D eigenvalue weighted by atomic mass is 19.4. The maximum Gasteiger partial charge on any atom is 0.418 e. The Morgan fingerprint density at radius 2 is 1.67 bits per heavy atom. The second kappa shape index (κ2) is 4.64. The van der Waals surface area contributed by atoms with Crippen molar-refractivity contribution in [3.63, 3.8) is 0 Å². The summed E-state index contributed by atoms with van der Waals surface area (Å²) in [6.07, 6.45) is -4.48. The molecule has 2 aromatic rings. The third-order valence-electron chi connectivity index (χ3n) is 2.21. The molecule has 0 aliphatic rings. The molecular weight excluding hydrogens is 248 g/mol. The molecule has 94 valence electrons. The van der Waals surface area contributed by atoms with Crippen LogP contribution in [-0.4, -0.2) is 4.98 Å². The van der Waals surface area contributed by atoms with Crippen LogP contribution in [0.3, 0.4) is 0 Å². The van der Waals surface area contributed by atoms with Crippen LogP contribution in [0.5, 0.6) is 0 Å². The number of halogens is 4. The zero-order valence-corrected chi connectivity index (χ0v) is 9.00. The van der Waals surface area contributed by atoms with E-state index < -0.39 is 17.7 Å². The lowest BCUT2D eigenvalue weighted by Crippen LogP contribution is -2.09. The number of nitrogens with one attached hydrogen (secondary N) is 1. The normalized spacial score (nSPS) is 11.3. The maximum absolute atomic E-state index is 12.8. The molecule has 0 unspecified atom stereocenters.